The topological polar surface area (TPSA) is 59.4 Å². The molecule has 0 spiro atoms. The first-order valence-corrected chi connectivity index (χ1v) is 10.8. The van der Waals surface area contributed by atoms with Crippen LogP contribution in [0.25, 0.3) is 6.08 Å². The summed E-state index contributed by atoms with van der Waals surface area (Å²) in [7, 11) is -3.59. The Hall–Kier alpha value is -1.89. The molecule has 2 atom stereocenters. The lowest BCUT2D eigenvalue weighted by atomic mass is 9.82. The number of piperidine rings is 1. The number of hydrogen-bond donors (Lipinski definition) is 0. The first kappa shape index (κ1) is 18.5. The molecule has 1 aromatic carbocycles. The van der Waals surface area contributed by atoms with Crippen LogP contribution in [0.4, 0.5) is 0 Å². The molecule has 0 saturated carbocycles. The van der Waals surface area contributed by atoms with E-state index in [2.05, 4.69) is 0 Å². The molecule has 7 heteroatoms. The van der Waals surface area contributed by atoms with E-state index in [0.29, 0.717) is 24.7 Å². The van der Waals surface area contributed by atoms with Crippen LogP contribution in [0, 0.1) is 5.92 Å². The maximum Gasteiger partial charge on any atom is 0.250 e. The van der Waals surface area contributed by atoms with Gasteiger partial charge in [-0.15, -0.1) is 0 Å². The van der Waals surface area contributed by atoms with E-state index in [0.717, 1.165) is 17.7 Å². The second-order valence-corrected chi connectivity index (χ2v) is 9.57. The van der Waals surface area contributed by atoms with Crippen molar-refractivity contribution >= 4 is 27.7 Å². The molecule has 2 aromatic rings. The van der Waals surface area contributed by atoms with Crippen LogP contribution in [0.15, 0.2) is 52.2 Å². The summed E-state index contributed by atoms with van der Waals surface area (Å²) in [5.41, 5.74) is 1.93. The number of hydrogen-bond acceptors (Lipinski definition) is 3. The van der Waals surface area contributed by atoms with Crippen molar-refractivity contribution in [2.24, 2.45) is 5.92 Å². The van der Waals surface area contributed by atoms with Crippen LogP contribution < -0.4 is 5.56 Å². The summed E-state index contributed by atoms with van der Waals surface area (Å²) in [6.45, 7) is 3.31. The zero-order valence-electron chi connectivity index (χ0n) is 15.0. The van der Waals surface area contributed by atoms with Crippen LogP contribution in [-0.2, 0) is 16.6 Å². The molecule has 5 nitrogen and oxygen atoms in total. The van der Waals surface area contributed by atoms with Crippen molar-refractivity contribution in [3.05, 3.63) is 69.1 Å². The van der Waals surface area contributed by atoms with E-state index in [1.54, 1.807) is 34.6 Å². The molecule has 1 saturated heterocycles. The molecule has 27 heavy (non-hydrogen) atoms. The van der Waals surface area contributed by atoms with Gasteiger partial charge in [-0.3, -0.25) is 4.79 Å². The third-order valence-corrected chi connectivity index (χ3v) is 7.48. The zero-order valence-corrected chi connectivity index (χ0v) is 16.6. The normalized spacial score (nSPS) is 22.7. The van der Waals surface area contributed by atoms with Crippen molar-refractivity contribution in [2.75, 3.05) is 13.1 Å². The fraction of sp³-hybridized carbons (Fsp3) is 0.350. The fourth-order valence-electron chi connectivity index (χ4n) is 4.28. The lowest BCUT2D eigenvalue weighted by Crippen LogP contribution is -2.49. The maximum atomic E-state index is 13.1. The summed E-state index contributed by atoms with van der Waals surface area (Å²) >= 11 is 5.90. The first-order chi connectivity index (χ1) is 12.9. The molecule has 2 aliphatic heterocycles. The Kier molecular flexibility index (Phi) is 4.74. The van der Waals surface area contributed by atoms with Gasteiger partial charge in [-0.2, -0.15) is 4.31 Å². The Balaban J connectivity index is 1.73. The predicted molar refractivity (Wildman–Crippen MR) is 106 cm³/mol. The molecule has 2 aliphatic rings. The van der Waals surface area contributed by atoms with Gasteiger partial charge in [0.1, 0.15) is 0 Å². The molecule has 1 fully saturated rings. The Morgan fingerprint density at radius 3 is 2.52 bits per heavy atom. The lowest BCUT2D eigenvalue weighted by Gasteiger charge is -2.42. The van der Waals surface area contributed by atoms with Gasteiger partial charge in [-0.05, 0) is 55.2 Å². The van der Waals surface area contributed by atoms with Gasteiger partial charge in [-0.25, -0.2) is 8.42 Å². The summed E-state index contributed by atoms with van der Waals surface area (Å²) in [4.78, 5) is 12.6. The van der Waals surface area contributed by atoms with Crippen molar-refractivity contribution < 1.29 is 8.42 Å². The van der Waals surface area contributed by atoms with Gasteiger partial charge in [0, 0.05) is 42.3 Å². The third kappa shape index (κ3) is 3.26. The Labute approximate surface area is 163 Å². The van der Waals surface area contributed by atoms with E-state index >= 15 is 0 Å². The monoisotopic (exact) mass is 404 g/mol. The number of halogens is 1. The minimum absolute atomic E-state index is 0.0121. The summed E-state index contributed by atoms with van der Waals surface area (Å²) < 4.78 is 29.6. The Morgan fingerprint density at radius 2 is 1.81 bits per heavy atom. The third-order valence-electron chi connectivity index (χ3n) is 5.39. The number of sulfonamides is 1. The molecular weight excluding hydrogens is 384 g/mol. The molecule has 1 aromatic heterocycles. The van der Waals surface area contributed by atoms with Crippen LogP contribution in [0.5, 0.6) is 0 Å². The standard InChI is InChI=1S/C20H21ClN2O3S/c1-2-3-15-4-9-19(24)23-12-14-10-16(20(15)23)13-22(11-14)27(25,26)18-7-5-17(21)6-8-18/h2-9,14,16H,10-13H2,1H3. The lowest BCUT2D eigenvalue weighted by molar-refractivity contribution is 0.186. The average Bonchev–Trinajstić information content (AvgIpc) is 2.64. The van der Waals surface area contributed by atoms with Gasteiger partial charge < -0.3 is 4.57 Å². The van der Waals surface area contributed by atoms with Crippen molar-refractivity contribution in [2.45, 2.75) is 30.7 Å². The summed E-state index contributed by atoms with van der Waals surface area (Å²) in [6, 6.07) is 9.72. The summed E-state index contributed by atoms with van der Waals surface area (Å²) in [5.74, 6) is 0.150. The SMILES string of the molecule is CC=Cc1ccc(=O)n2c1C1CC(CN(S(=O)(=O)c3ccc(Cl)cc3)C1)C2. The molecule has 4 rings (SSSR count). The minimum atomic E-state index is -3.59. The van der Waals surface area contributed by atoms with E-state index in [1.165, 1.54) is 0 Å². The van der Waals surface area contributed by atoms with E-state index < -0.39 is 10.0 Å². The van der Waals surface area contributed by atoms with Crippen LogP contribution in [0.2, 0.25) is 5.02 Å². The van der Waals surface area contributed by atoms with Crippen molar-refractivity contribution in [1.82, 2.24) is 8.87 Å². The number of nitrogens with zero attached hydrogens (tertiary/aromatic N) is 2. The minimum Gasteiger partial charge on any atom is -0.311 e. The van der Waals surface area contributed by atoms with Gasteiger partial charge in [-0.1, -0.05) is 23.8 Å². The first-order valence-electron chi connectivity index (χ1n) is 9.02. The molecule has 2 unspecified atom stereocenters. The van der Waals surface area contributed by atoms with Gasteiger partial charge in [0.25, 0.3) is 5.56 Å². The smallest absolute Gasteiger partial charge is 0.250 e. The molecule has 0 N–H and O–H groups in total. The molecule has 0 aliphatic carbocycles. The second-order valence-electron chi connectivity index (χ2n) is 7.20. The highest BCUT2D eigenvalue weighted by molar-refractivity contribution is 7.89. The number of rotatable bonds is 3. The summed E-state index contributed by atoms with van der Waals surface area (Å²) in [6.07, 6.45) is 4.83. The van der Waals surface area contributed by atoms with Crippen LogP contribution >= 0.6 is 11.6 Å². The Bertz CT molecular complexity index is 1060. The molecule has 2 bridgehead atoms. The van der Waals surface area contributed by atoms with Gasteiger partial charge in [0.2, 0.25) is 10.0 Å². The molecule has 142 valence electrons. The number of pyridine rings is 1. The van der Waals surface area contributed by atoms with E-state index in [9.17, 15) is 13.2 Å². The van der Waals surface area contributed by atoms with Gasteiger partial charge in [0.15, 0.2) is 0 Å². The molecule has 0 radical (unpaired) electrons. The highest BCUT2D eigenvalue weighted by Gasteiger charge is 2.40. The summed E-state index contributed by atoms with van der Waals surface area (Å²) in [5, 5.41) is 0.508. The number of fused-ring (bicyclic) bond motifs is 4. The highest BCUT2D eigenvalue weighted by Crippen LogP contribution is 2.39. The average molecular weight is 405 g/mol. The van der Waals surface area contributed by atoms with E-state index in [-0.39, 0.29) is 22.3 Å². The van der Waals surface area contributed by atoms with Gasteiger partial charge in [0.05, 0.1) is 4.90 Å². The van der Waals surface area contributed by atoms with Crippen LogP contribution in [0.1, 0.15) is 30.5 Å². The van der Waals surface area contributed by atoms with E-state index in [4.69, 9.17) is 11.6 Å². The van der Waals surface area contributed by atoms with Crippen LogP contribution in [0.3, 0.4) is 0 Å². The maximum absolute atomic E-state index is 13.1. The quantitative estimate of drug-likeness (QED) is 0.788. The Morgan fingerprint density at radius 1 is 1.07 bits per heavy atom. The van der Waals surface area contributed by atoms with Crippen molar-refractivity contribution in [1.29, 1.82) is 0 Å². The number of allylic oxidation sites excluding steroid dienone is 1. The number of aromatic nitrogens is 1. The van der Waals surface area contributed by atoms with Gasteiger partial charge >= 0.3 is 0 Å². The predicted octanol–water partition coefficient (Wildman–Crippen LogP) is 3.34. The van der Waals surface area contributed by atoms with Crippen LogP contribution in [-0.4, -0.2) is 30.4 Å². The fourth-order valence-corrected chi connectivity index (χ4v) is 5.96. The number of benzene rings is 1. The van der Waals surface area contributed by atoms with E-state index in [1.807, 2.05) is 29.7 Å². The zero-order chi connectivity index (χ0) is 19.2. The second kappa shape index (κ2) is 6.93. The largest absolute Gasteiger partial charge is 0.311 e. The van der Waals surface area contributed by atoms with Crippen molar-refractivity contribution in [3.8, 4) is 0 Å². The molecule has 0 amide bonds. The van der Waals surface area contributed by atoms with Crippen molar-refractivity contribution in [3.63, 3.8) is 0 Å². The highest BCUT2D eigenvalue weighted by atomic mass is 35.5. The molecule has 3 heterocycles. The molecular formula is C20H21ClN2O3S.